The van der Waals surface area contributed by atoms with Gasteiger partial charge < -0.3 is 10.6 Å². The number of nitrogens with one attached hydrogen (secondary N) is 2. The summed E-state index contributed by atoms with van der Waals surface area (Å²) in [7, 11) is 0. The van der Waals surface area contributed by atoms with E-state index in [1.807, 2.05) is 30.3 Å². The van der Waals surface area contributed by atoms with Crippen LogP contribution in [0.3, 0.4) is 0 Å². The van der Waals surface area contributed by atoms with Gasteiger partial charge >= 0.3 is 0 Å². The first-order valence-electron chi connectivity index (χ1n) is 9.42. The van der Waals surface area contributed by atoms with Crippen LogP contribution in [0.15, 0.2) is 60.7 Å². The van der Waals surface area contributed by atoms with E-state index >= 15 is 0 Å². The molecule has 3 aromatic carbocycles. The summed E-state index contributed by atoms with van der Waals surface area (Å²) in [5.41, 5.74) is 1.27. The monoisotopic (exact) mass is 376 g/mol. The van der Waals surface area contributed by atoms with Crippen LogP contribution in [0.25, 0.3) is 10.8 Å². The second-order valence-corrected chi connectivity index (χ2v) is 7.23. The van der Waals surface area contributed by atoms with Gasteiger partial charge in [-0.2, -0.15) is 0 Å². The lowest BCUT2D eigenvalue weighted by Gasteiger charge is -2.18. The van der Waals surface area contributed by atoms with Crippen LogP contribution in [0.1, 0.15) is 41.7 Å². The molecule has 0 radical (unpaired) electrons. The van der Waals surface area contributed by atoms with Gasteiger partial charge in [0.15, 0.2) is 0 Å². The van der Waals surface area contributed by atoms with Crippen molar-refractivity contribution in [3.8, 4) is 0 Å². The Kier molecular flexibility index (Phi) is 4.82. The third-order valence-corrected chi connectivity index (χ3v) is 5.06. The molecule has 0 aromatic heterocycles. The summed E-state index contributed by atoms with van der Waals surface area (Å²) in [4.78, 5) is 25.3. The van der Waals surface area contributed by atoms with Gasteiger partial charge in [0.1, 0.15) is 5.82 Å². The number of carbonyl (C=O) groups is 2. The Hall–Kier alpha value is -3.21. The molecule has 1 unspecified atom stereocenters. The van der Waals surface area contributed by atoms with Gasteiger partial charge in [-0.15, -0.1) is 0 Å². The molecule has 28 heavy (non-hydrogen) atoms. The van der Waals surface area contributed by atoms with Gasteiger partial charge in [-0.1, -0.05) is 42.5 Å². The van der Waals surface area contributed by atoms with Gasteiger partial charge in [-0.25, -0.2) is 4.39 Å². The number of halogens is 1. The van der Waals surface area contributed by atoms with Crippen LogP contribution in [-0.4, -0.2) is 11.8 Å². The van der Waals surface area contributed by atoms with Crippen molar-refractivity contribution in [1.82, 2.24) is 5.32 Å². The Balaban J connectivity index is 1.66. The molecule has 142 valence electrons. The molecule has 0 spiro atoms. The van der Waals surface area contributed by atoms with Crippen molar-refractivity contribution in [2.75, 3.05) is 5.32 Å². The second kappa shape index (κ2) is 7.43. The quantitative estimate of drug-likeness (QED) is 0.671. The van der Waals surface area contributed by atoms with Crippen molar-refractivity contribution in [2.24, 2.45) is 5.92 Å². The maximum absolute atomic E-state index is 14.0. The molecule has 3 aromatic rings. The molecular formula is C23H21FN2O2. The first kappa shape index (κ1) is 18.2. The van der Waals surface area contributed by atoms with Crippen molar-refractivity contribution in [2.45, 2.75) is 25.8 Å². The summed E-state index contributed by atoms with van der Waals surface area (Å²) in [5, 5.41) is 7.58. The molecule has 0 heterocycles. The number of rotatable bonds is 5. The molecule has 1 saturated carbocycles. The number of carbonyl (C=O) groups excluding carboxylic acids is 2. The van der Waals surface area contributed by atoms with Crippen LogP contribution in [0.4, 0.5) is 10.1 Å². The molecule has 1 aliphatic carbocycles. The van der Waals surface area contributed by atoms with Gasteiger partial charge in [0.2, 0.25) is 5.91 Å². The van der Waals surface area contributed by atoms with Gasteiger partial charge in [0.05, 0.1) is 17.3 Å². The van der Waals surface area contributed by atoms with E-state index in [0.29, 0.717) is 16.8 Å². The molecule has 0 saturated heterocycles. The molecule has 2 N–H and O–H groups in total. The van der Waals surface area contributed by atoms with E-state index < -0.39 is 6.04 Å². The normalized spacial score (nSPS) is 14.5. The van der Waals surface area contributed by atoms with Gasteiger partial charge in [0, 0.05) is 11.5 Å². The molecule has 5 heteroatoms. The van der Waals surface area contributed by atoms with Gasteiger partial charge in [0.25, 0.3) is 5.91 Å². The maximum atomic E-state index is 14.0. The summed E-state index contributed by atoms with van der Waals surface area (Å²) in [5.74, 6) is -0.755. The fourth-order valence-electron chi connectivity index (χ4n) is 3.29. The van der Waals surface area contributed by atoms with Crippen LogP contribution in [-0.2, 0) is 4.79 Å². The van der Waals surface area contributed by atoms with Gasteiger partial charge in [-0.05, 0) is 48.7 Å². The molecule has 1 atom stereocenters. The largest absolute Gasteiger partial charge is 0.345 e. The van der Waals surface area contributed by atoms with E-state index in [4.69, 9.17) is 0 Å². The molecule has 2 amide bonds. The van der Waals surface area contributed by atoms with Crippen molar-refractivity contribution in [3.05, 3.63) is 77.6 Å². The Morgan fingerprint density at radius 1 is 1.00 bits per heavy atom. The van der Waals surface area contributed by atoms with E-state index in [1.54, 1.807) is 31.2 Å². The Bertz CT molecular complexity index is 1060. The maximum Gasteiger partial charge on any atom is 0.253 e. The first-order valence-corrected chi connectivity index (χ1v) is 9.42. The van der Waals surface area contributed by atoms with E-state index in [2.05, 4.69) is 10.6 Å². The first-order chi connectivity index (χ1) is 13.5. The highest BCUT2D eigenvalue weighted by molar-refractivity contribution is 6.08. The molecule has 1 aliphatic rings. The van der Waals surface area contributed by atoms with Crippen molar-refractivity contribution < 1.29 is 14.0 Å². The van der Waals surface area contributed by atoms with E-state index in [9.17, 15) is 14.0 Å². The Labute approximate surface area is 162 Å². The molecule has 0 bridgehead atoms. The minimum absolute atomic E-state index is 0.0275. The average Bonchev–Trinajstić information content (AvgIpc) is 3.53. The number of amides is 2. The van der Waals surface area contributed by atoms with Crippen molar-refractivity contribution in [3.63, 3.8) is 0 Å². The van der Waals surface area contributed by atoms with Crippen LogP contribution in [0, 0.1) is 11.7 Å². The SMILES string of the molecule is CC(NC(=O)c1cc2ccccc2cc1NC(=O)C1CC1)c1ccccc1F. The van der Waals surface area contributed by atoms with E-state index in [-0.39, 0.29) is 23.5 Å². The highest BCUT2D eigenvalue weighted by Crippen LogP contribution is 2.32. The number of hydrogen-bond acceptors (Lipinski definition) is 2. The summed E-state index contributed by atoms with van der Waals surface area (Å²) < 4.78 is 14.0. The molecule has 4 nitrogen and oxygen atoms in total. The standard InChI is InChI=1S/C23H21FN2O2/c1-14(18-8-4-5-9-20(18)24)25-23(28)19-12-16-6-2-3-7-17(16)13-21(19)26-22(27)15-10-11-15/h2-9,12-15H,10-11H2,1H3,(H,25,28)(H,26,27). The third kappa shape index (κ3) is 3.74. The lowest BCUT2D eigenvalue weighted by atomic mass is 10.0. The lowest BCUT2D eigenvalue weighted by molar-refractivity contribution is -0.117. The molecule has 1 fully saturated rings. The lowest BCUT2D eigenvalue weighted by Crippen LogP contribution is -2.28. The number of hydrogen-bond donors (Lipinski definition) is 2. The van der Waals surface area contributed by atoms with Crippen LogP contribution in [0.2, 0.25) is 0 Å². The van der Waals surface area contributed by atoms with Gasteiger partial charge in [-0.3, -0.25) is 9.59 Å². The highest BCUT2D eigenvalue weighted by atomic mass is 19.1. The highest BCUT2D eigenvalue weighted by Gasteiger charge is 2.30. The smallest absolute Gasteiger partial charge is 0.253 e. The number of anilines is 1. The predicted octanol–water partition coefficient (Wildman–Crippen LogP) is 4.82. The van der Waals surface area contributed by atoms with Crippen molar-refractivity contribution >= 4 is 28.3 Å². The zero-order valence-corrected chi connectivity index (χ0v) is 15.5. The van der Waals surface area contributed by atoms with Crippen molar-refractivity contribution in [1.29, 1.82) is 0 Å². The van der Waals surface area contributed by atoms with Crippen LogP contribution < -0.4 is 10.6 Å². The zero-order chi connectivity index (χ0) is 19.7. The van der Waals surface area contributed by atoms with Crippen LogP contribution in [0.5, 0.6) is 0 Å². The third-order valence-electron chi connectivity index (χ3n) is 5.06. The summed E-state index contributed by atoms with van der Waals surface area (Å²) >= 11 is 0. The number of fused-ring (bicyclic) bond motifs is 1. The fraction of sp³-hybridized carbons (Fsp3) is 0.217. The number of benzene rings is 3. The molecule has 4 rings (SSSR count). The summed E-state index contributed by atoms with van der Waals surface area (Å²) in [6.45, 7) is 1.74. The minimum atomic E-state index is -0.507. The average molecular weight is 376 g/mol. The summed E-state index contributed by atoms with van der Waals surface area (Å²) in [6.07, 6.45) is 1.76. The zero-order valence-electron chi connectivity index (χ0n) is 15.5. The Morgan fingerprint density at radius 3 is 2.32 bits per heavy atom. The second-order valence-electron chi connectivity index (χ2n) is 7.23. The predicted molar refractivity (Wildman–Crippen MR) is 108 cm³/mol. The summed E-state index contributed by atoms with van der Waals surface area (Å²) in [6, 6.07) is 17.1. The fourth-order valence-corrected chi connectivity index (χ4v) is 3.29. The molecular weight excluding hydrogens is 355 g/mol. The van der Waals surface area contributed by atoms with E-state index in [0.717, 1.165) is 23.6 Å². The van der Waals surface area contributed by atoms with Crippen LogP contribution >= 0.6 is 0 Å². The van der Waals surface area contributed by atoms with E-state index in [1.165, 1.54) is 6.07 Å². The minimum Gasteiger partial charge on any atom is -0.345 e. The topological polar surface area (TPSA) is 58.2 Å². The molecule has 0 aliphatic heterocycles. The Morgan fingerprint density at radius 2 is 1.64 bits per heavy atom.